The fraction of sp³-hybridized carbons (Fsp3) is 0.353. The quantitative estimate of drug-likeness (QED) is 0.625. The number of aromatic nitrogens is 2. The molecule has 2 heterocycles. The van der Waals surface area contributed by atoms with Gasteiger partial charge in [0.2, 0.25) is 11.8 Å². The van der Waals surface area contributed by atoms with Gasteiger partial charge in [-0.05, 0) is 12.5 Å². The lowest BCUT2D eigenvalue weighted by Crippen LogP contribution is -2.49. The van der Waals surface area contributed by atoms with Gasteiger partial charge in [-0.3, -0.25) is 9.69 Å². The molecule has 2 aromatic rings. The van der Waals surface area contributed by atoms with Crippen LogP contribution >= 0.6 is 0 Å². The van der Waals surface area contributed by atoms with Gasteiger partial charge in [-0.2, -0.15) is 4.98 Å². The first kappa shape index (κ1) is 20.0. The second-order valence-electron chi connectivity index (χ2n) is 5.94. The standard InChI is InChI=1S/C15H18N4O2.C2H2O4/c1-11-17-15(21-18-11)13-8-19(9-13)10-14(20)16-7-12-5-3-2-4-6-12;3-1(4)2(5)6/h2-6,13H,7-10H2,1H3,(H,16,20);(H,3,4)(H,5,6). The summed E-state index contributed by atoms with van der Waals surface area (Å²) in [5.41, 5.74) is 1.11. The molecular weight excluding hydrogens is 356 g/mol. The second-order valence-corrected chi connectivity index (χ2v) is 5.94. The number of amides is 1. The summed E-state index contributed by atoms with van der Waals surface area (Å²) in [5.74, 6) is -2.02. The second kappa shape index (κ2) is 9.43. The van der Waals surface area contributed by atoms with Crippen molar-refractivity contribution in [2.45, 2.75) is 19.4 Å². The minimum absolute atomic E-state index is 0.0408. The average molecular weight is 376 g/mol. The Balaban J connectivity index is 0.000000380. The van der Waals surface area contributed by atoms with E-state index in [1.807, 2.05) is 30.3 Å². The van der Waals surface area contributed by atoms with Crippen LogP contribution in [0.1, 0.15) is 23.2 Å². The maximum Gasteiger partial charge on any atom is 0.414 e. The molecule has 0 saturated carbocycles. The van der Waals surface area contributed by atoms with Gasteiger partial charge in [0.05, 0.1) is 12.5 Å². The Labute approximate surface area is 154 Å². The monoisotopic (exact) mass is 376 g/mol. The van der Waals surface area contributed by atoms with Gasteiger partial charge < -0.3 is 20.1 Å². The average Bonchev–Trinajstić information content (AvgIpc) is 3.03. The van der Waals surface area contributed by atoms with Gasteiger partial charge in [0.25, 0.3) is 0 Å². The first-order chi connectivity index (χ1) is 12.8. The van der Waals surface area contributed by atoms with Gasteiger partial charge in [0.15, 0.2) is 5.82 Å². The molecule has 1 aromatic carbocycles. The smallest absolute Gasteiger partial charge is 0.414 e. The van der Waals surface area contributed by atoms with Crippen molar-refractivity contribution in [2.75, 3.05) is 19.6 Å². The van der Waals surface area contributed by atoms with E-state index in [0.29, 0.717) is 24.8 Å². The maximum atomic E-state index is 11.9. The largest absolute Gasteiger partial charge is 0.473 e. The molecule has 1 aliphatic heterocycles. The molecule has 1 saturated heterocycles. The highest BCUT2D eigenvalue weighted by Crippen LogP contribution is 2.24. The Bertz CT molecular complexity index is 774. The van der Waals surface area contributed by atoms with Gasteiger partial charge in [0, 0.05) is 19.6 Å². The van der Waals surface area contributed by atoms with Gasteiger partial charge >= 0.3 is 11.9 Å². The Morgan fingerprint density at radius 2 is 1.81 bits per heavy atom. The summed E-state index contributed by atoms with van der Waals surface area (Å²) in [6, 6.07) is 9.89. The summed E-state index contributed by atoms with van der Waals surface area (Å²) in [6.07, 6.45) is 0. The lowest BCUT2D eigenvalue weighted by Gasteiger charge is -2.36. The van der Waals surface area contributed by atoms with Crippen LogP contribution in [0.2, 0.25) is 0 Å². The first-order valence-corrected chi connectivity index (χ1v) is 8.14. The molecule has 10 nitrogen and oxygen atoms in total. The number of benzene rings is 1. The molecule has 3 rings (SSSR count). The SMILES string of the molecule is Cc1noc(C2CN(CC(=O)NCc3ccccc3)C2)n1.O=C(O)C(=O)O. The number of aryl methyl sites for hydroxylation is 1. The van der Waals surface area contributed by atoms with Crippen LogP contribution in [0.3, 0.4) is 0 Å². The van der Waals surface area contributed by atoms with Crippen LogP contribution < -0.4 is 5.32 Å². The number of carbonyl (C=O) groups is 3. The highest BCUT2D eigenvalue weighted by atomic mass is 16.5. The van der Waals surface area contributed by atoms with E-state index in [4.69, 9.17) is 24.3 Å². The number of likely N-dealkylation sites (tertiary alicyclic amines) is 1. The summed E-state index contributed by atoms with van der Waals surface area (Å²) in [5, 5.41) is 21.5. The summed E-state index contributed by atoms with van der Waals surface area (Å²) in [4.78, 5) is 36.4. The number of carboxylic acids is 2. The van der Waals surface area contributed by atoms with Crippen molar-refractivity contribution in [3.05, 3.63) is 47.6 Å². The van der Waals surface area contributed by atoms with Crippen molar-refractivity contribution in [3.63, 3.8) is 0 Å². The van der Waals surface area contributed by atoms with Crippen molar-refractivity contribution >= 4 is 17.8 Å². The summed E-state index contributed by atoms with van der Waals surface area (Å²) in [6.45, 7) is 4.37. The number of hydrogen-bond donors (Lipinski definition) is 3. The van der Waals surface area contributed by atoms with Gasteiger partial charge in [-0.1, -0.05) is 35.5 Å². The van der Waals surface area contributed by atoms with Crippen LogP contribution in [0.15, 0.2) is 34.9 Å². The predicted octanol–water partition coefficient (Wildman–Crippen LogP) is 0.249. The maximum absolute atomic E-state index is 11.9. The molecule has 0 spiro atoms. The van der Waals surface area contributed by atoms with E-state index >= 15 is 0 Å². The fourth-order valence-electron chi connectivity index (χ4n) is 2.39. The van der Waals surface area contributed by atoms with Gasteiger partial charge in [-0.25, -0.2) is 9.59 Å². The molecule has 3 N–H and O–H groups in total. The molecule has 0 bridgehead atoms. The topological polar surface area (TPSA) is 146 Å². The fourth-order valence-corrected chi connectivity index (χ4v) is 2.39. The van der Waals surface area contributed by atoms with Crippen molar-refractivity contribution in [2.24, 2.45) is 0 Å². The number of hydrogen-bond acceptors (Lipinski definition) is 7. The minimum atomic E-state index is -1.82. The molecule has 0 radical (unpaired) electrons. The summed E-state index contributed by atoms with van der Waals surface area (Å²) >= 11 is 0. The number of nitrogens with zero attached hydrogens (tertiary/aromatic N) is 3. The van der Waals surface area contributed by atoms with Crippen molar-refractivity contribution in [1.29, 1.82) is 0 Å². The molecule has 0 aliphatic carbocycles. The van der Waals surface area contributed by atoms with E-state index in [1.54, 1.807) is 6.92 Å². The molecule has 1 amide bonds. The Kier molecular flexibility index (Phi) is 7.00. The normalized spacial score (nSPS) is 13.8. The first-order valence-electron chi connectivity index (χ1n) is 8.14. The number of aliphatic carboxylic acids is 2. The predicted molar refractivity (Wildman–Crippen MR) is 91.8 cm³/mol. The lowest BCUT2D eigenvalue weighted by molar-refractivity contribution is -0.159. The van der Waals surface area contributed by atoms with Crippen molar-refractivity contribution < 1.29 is 29.1 Å². The number of rotatable bonds is 5. The molecule has 144 valence electrons. The third kappa shape index (κ3) is 6.51. The van der Waals surface area contributed by atoms with Gasteiger partial charge in [-0.15, -0.1) is 0 Å². The number of carbonyl (C=O) groups excluding carboxylic acids is 1. The van der Waals surface area contributed by atoms with Crippen molar-refractivity contribution in [1.82, 2.24) is 20.4 Å². The molecule has 0 unspecified atom stereocenters. The van der Waals surface area contributed by atoms with E-state index in [-0.39, 0.29) is 11.8 Å². The molecule has 1 aliphatic rings. The van der Waals surface area contributed by atoms with Crippen LogP contribution in [0.5, 0.6) is 0 Å². The Morgan fingerprint density at radius 1 is 1.19 bits per heavy atom. The zero-order valence-electron chi connectivity index (χ0n) is 14.7. The highest BCUT2D eigenvalue weighted by molar-refractivity contribution is 6.27. The molecule has 10 heteroatoms. The third-order valence-electron chi connectivity index (χ3n) is 3.73. The third-order valence-corrected chi connectivity index (χ3v) is 3.73. The molecule has 0 atom stereocenters. The van der Waals surface area contributed by atoms with Crippen molar-refractivity contribution in [3.8, 4) is 0 Å². The van der Waals surface area contributed by atoms with E-state index < -0.39 is 11.9 Å². The zero-order chi connectivity index (χ0) is 19.8. The van der Waals surface area contributed by atoms with Crippen LogP contribution in [0.25, 0.3) is 0 Å². The van der Waals surface area contributed by atoms with E-state index in [9.17, 15) is 4.79 Å². The van der Waals surface area contributed by atoms with Crippen LogP contribution in [0, 0.1) is 6.92 Å². The molecular formula is C17H20N4O6. The molecule has 1 aromatic heterocycles. The van der Waals surface area contributed by atoms with Gasteiger partial charge in [0.1, 0.15) is 0 Å². The molecule has 27 heavy (non-hydrogen) atoms. The molecule has 1 fully saturated rings. The van der Waals surface area contributed by atoms with Crippen LogP contribution in [-0.4, -0.2) is 62.7 Å². The minimum Gasteiger partial charge on any atom is -0.473 e. The summed E-state index contributed by atoms with van der Waals surface area (Å²) in [7, 11) is 0. The zero-order valence-corrected chi connectivity index (χ0v) is 14.7. The number of nitrogens with one attached hydrogen (secondary N) is 1. The Hall–Kier alpha value is -3.27. The lowest BCUT2D eigenvalue weighted by atomic mass is 10.0. The highest BCUT2D eigenvalue weighted by Gasteiger charge is 2.33. The van der Waals surface area contributed by atoms with Crippen LogP contribution in [0.4, 0.5) is 0 Å². The van der Waals surface area contributed by atoms with E-state index in [2.05, 4.69) is 20.4 Å². The van der Waals surface area contributed by atoms with Crippen LogP contribution in [-0.2, 0) is 20.9 Å². The number of carboxylic acid groups (broad SMARTS) is 2. The van der Waals surface area contributed by atoms with E-state index in [1.165, 1.54) is 0 Å². The summed E-state index contributed by atoms with van der Waals surface area (Å²) < 4.78 is 5.14. The Morgan fingerprint density at radius 3 is 2.33 bits per heavy atom. The van der Waals surface area contributed by atoms with E-state index in [0.717, 1.165) is 18.7 Å².